The van der Waals surface area contributed by atoms with E-state index in [0.717, 1.165) is 5.56 Å². The van der Waals surface area contributed by atoms with E-state index < -0.39 is 0 Å². The highest BCUT2D eigenvalue weighted by Gasteiger charge is 2.24. The molecule has 5 heteroatoms. The number of amides is 1. The quantitative estimate of drug-likeness (QED) is 0.749. The average molecular weight is 275 g/mol. The molecule has 0 spiro atoms. The normalized spacial score (nSPS) is 17.3. The molecule has 0 radical (unpaired) electrons. The maximum Gasteiger partial charge on any atom is 0.255 e. The number of hydrogen-bond acceptors (Lipinski definition) is 3. The number of hydrogen-bond donors (Lipinski definition) is 3. The van der Waals surface area contributed by atoms with Crippen molar-refractivity contribution >= 4 is 23.2 Å². The second kappa shape index (κ2) is 4.48. The van der Waals surface area contributed by atoms with Crippen LogP contribution in [0.5, 0.6) is 5.75 Å². The molecule has 2 aromatic carbocycles. The lowest BCUT2D eigenvalue weighted by molar-refractivity contribution is 0.0935. The first-order valence-corrected chi connectivity index (χ1v) is 6.17. The number of fused-ring (bicyclic) bond motifs is 1. The van der Waals surface area contributed by atoms with Gasteiger partial charge in [-0.25, -0.2) is 0 Å². The zero-order valence-corrected chi connectivity index (χ0v) is 10.6. The molecule has 1 amide bonds. The van der Waals surface area contributed by atoms with Gasteiger partial charge in [0.25, 0.3) is 5.91 Å². The maximum absolute atomic E-state index is 12.0. The largest absolute Gasteiger partial charge is 0.508 e. The van der Waals surface area contributed by atoms with Crippen LogP contribution in [0.2, 0.25) is 5.02 Å². The third kappa shape index (κ3) is 2.22. The van der Waals surface area contributed by atoms with E-state index in [1.165, 1.54) is 0 Å². The number of rotatable bonds is 1. The summed E-state index contributed by atoms with van der Waals surface area (Å²) in [6.07, 6.45) is -0.384. The summed E-state index contributed by atoms with van der Waals surface area (Å²) in [5.41, 5.74) is 2.02. The fourth-order valence-electron chi connectivity index (χ4n) is 2.11. The van der Waals surface area contributed by atoms with Gasteiger partial charge in [-0.2, -0.15) is 0 Å². The third-order valence-corrected chi connectivity index (χ3v) is 3.24. The van der Waals surface area contributed by atoms with Gasteiger partial charge >= 0.3 is 0 Å². The molecule has 0 aromatic heterocycles. The maximum atomic E-state index is 12.0. The van der Waals surface area contributed by atoms with Crippen LogP contribution in [0.1, 0.15) is 22.1 Å². The van der Waals surface area contributed by atoms with Crippen LogP contribution in [0.25, 0.3) is 0 Å². The minimum atomic E-state index is -0.384. The summed E-state index contributed by atoms with van der Waals surface area (Å²) in [6.45, 7) is 0. The number of halogens is 1. The van der Waals surface area contributed by atoms with Crippen LogP contribution in [0.15, 0.2) is 42.5 Å². The van der Waals surface area contributed by atoms with Gasteiger partial charge in [0.05, 0.1) is 11.3 Å². The van der Waals surface area contributed by atoms with Crippen LogP contribution in [0.4, 0.5) is 5.69 Å². The van der Waals surface area contributed by atoms with Gasteiger partial charge in [-0.3, -0.25) is 4.79 Å². The van der Waals surface area contributed by atoms with Gasteiger partial charge in [-0.15, -0.1) is 0 Å². The smallest absolute Gasteiger partial charge is 0.255 e. The molecule has 2 aromatic rings. The molecule has 3 N–H and O–H groups in total. The van der Waals surface area contributed by atoms with Crippen LogP contribution in [-0.2, 0) is 0 Å². The number of nitrogens with one attached hydrogen (secondary N) is 2. The fraction of sp³-hybridized carbons (Fsp3) is 0.0714. The molecule has 19 heavy (non-hydrogen) atoms. The van der Waals surface area contributed by atoms with Crippen LogP contribution in [-0.4, -0.2) is 11.0 Å². The zero-order valence-electron chi connectivity index (χ0n) is 9.85. The number of benzene rings is 2. The standard InChI is InChI=1S/C14H11ClN2O2/c15-9-4-5-11-12(7-9)16-13(17-14(11)19)8-2-1-3-10(18)6-8/h1-7,13,16,18H,(H,17,19)/t13-/m1/s1. The molecular weight excluding hydrogens is 264 g/mol. The van der Waals surface area contributed by atoms with Gasteiger partial charge in [0.15, 0.2) is 0 Å². The Morgan fingerprint density at radius 1 is 1.11 bits per heavy atom. The summed E-state index contributed by atoms with van der Waals surface area (Å²) in [5.74, 6) is -0.0100. The van der Waals surface area contributed by atoms with E-state index in [2.05, 4.69) is 10.6 Å². The summed E-state index contributed by atoms with van der Waals surface area (Å²) >= 11 is 5.93. The Hall–Kier alpha value is -2.20. The highest BCUT2D eigenvalue weighted by molar-refractivity contribution is 6.31. The van der Waals surface area contributed by atoms with E-state index in [9.17, 15) is 9.90 Å². The molecule has 0 unspecified atom stereocenters. The van der Waals surface area contributed by atoms with Crippen LogP contribution in [0.3, 0.4) is 0 Å². The first-order chi connectivity index (χ1) is 9.13. The van der Waals surface area contributed by atoms with Gasteiger partial charge in [-0.1, -0.05) is 23.7 Å². The van der Waals surface area contributed by atoms with Gasteiger partial charge < -0.3 is 15.7 Å². The lowest BCUT2D eigenvalue weighted by Gasteiger charge is -2.28. The predicted molar refractivity (Wildman–Crippen MR) is 73.4 cm³/mol. The highest BCUT2D eigenvalue weighted by atomic mass is 35.5. The van der Waals surface area contributed by atoms with Crippen molar-refractivity contribution in [1.29, 1.82) is 0 Å². The number of aromatic hydroxyl groups is 1. The van der Waals surface area contributed by atoms with Crippen molar-refractivity contribution in [3.63, 3.8) is 0 Å². The molecule has 3 rings (SSSR count). The number of carbonyl (C=O) groups is 1. The second-order valence-electron chi connectivity index (χ2n) is 4.34. The molecule has 4 nitrogen and oxygen atoms in total. The van der Waals surface area contributed by atoms with Crippen molar-refractivity contribution in [3.05, 3.63) is 58.6 Å². The summed E-state index contributed by atoms with van der Waals surface area (Å²) in [6, 6.07) is 11.8. The Labute approximate surface area is 115 Å². The van der Waals surface area contributed by atoms with Gasteiger partial charge in [0, 0.05) is 5.02 Å². The van der Waals surface area contributed by atoms with E-state index in [1.807, 2.05) is 6.07 Å². The molecule has 1 aliphatic heterocycles. The predicted octanol–water partition coefficient (Wildman–Crippen LogP) is 2.90. The number of phenols is 1. The lowest BCUT2D eigenvalue weighted by atomic mass is 10.1. The van der Waals surface area contributed by atoms with E-state index >= 15 is 0 Å². The molecule has 0 fully saturated rings. The monoisotopic (exact) mass is 274 g/mol. The average Bonchev–Trinajstić information content (AvgIpc) is 2.38. The second-order valence-corrected chi connectivity index (χ2v) is 4.77. The summed E-state index contributed by atoms with van der Waals surface area (Å²) in [5, 5.41) is 16.1. The van der Waals surface area contributed by atoms with E-state index in [1.54, 1.807) is 36.4 Å². The minimum Gasteiger partial charge on any atom is -0.508 e. The van der Waals surface area contributed by atoms with Crippen molar-refractivity contribution < 1.29 is 9.90 Å². The van der Waals surface area contributed by atoms with E-state index in [-0.39, 0.29) is 17.8 Å². The lowest BCUT2D eigenvalue weighted by Crippen LogP contribution is -2.38. The molecule has 0 saturated carbocycles. The molecule has 0 bridgehead atoms. The Morgan fingerprint density at radius 2 is 1.95 bits per heavy atom. The van der Waals surface area contributed by atoms with Crippen molar-refractivity contribution in [2.24, 2.45) is 0 Å². The van der Waals surface area contributed by atoms with Gasteiger partial charge in [0.1, 0.15) is 11.9 Å². The molecule has 0 saturated heterocycles. The molecule has 1 atom stereocenters. The topological polar surface area (TPSA) is 61.4 Å². The van der Waals surface area contributed by atoms with Gasteiger partial charge in [-0.05, 0) is 35.9 Å². The van der Waals surface area contributed by atoms with Crippen LogP contribution >= 0.6 is 11.6 Å². The zero-order chi connectivity index (χ0) is 13.4. The Morgan fingerprint density at radius 3 is 2.74 bits per heavy atom. The van der Waals surface area contributed by atoms with Crippen LogP contribution < -0.4 is 10.6 Å². The molecule has 96 valence electrons. The Bertz CT molecular complexity index is 658. The minimum absolute atomic E-state index is 0.158. The van der Waals surface area contributed by atoms with Gasteiger partial charge in [0.2, 0.25) is 0 Å². The van der Waals surface area contributed by atoms with Crippen molar-refractivity contribution in [2.45, 2.75) is 6.17 Å². The first-order valence-electron chi connectivity index (χ1n) is 5.79. The highest BCUT2D eigenvalue weighted by Crippen LogP contribution is 2.29. The Balaban J connectivity index is 1.98. The summed E-state index contributed by atoms with van der Waals surface area (Å²) in [7, 11) is 0. The number of carbonyl (C=O) groups excluding carboxylic acids is 1. The third-order valence-electron chi connectivity index (χ3n) is 3.01. The number of anilines is 1. The molecule has 0 aliphatic carbocycles. The van der Waals surface area contributed by atoms with E-state index in [4.69, 9.17) is 11.6 Å². The summed E-state index contributed by atoms with van der Waals surface area (Å²) in [4.78, 5) is 12.0. The van der Waals surface area contributed by atoms with Crippen molar-refractivity contribution in [3.8, 4) is 5.75 Å². The first kappa shape index (κ1) is 11.9. The molecule has 1 aliphatic rings. The summed E-state index contributed by atoms with van der Waals surface area (Å²) < 4.78 is 0. The number of phenolic OH excluding ortho intramolecular Hbond substituents is 1. The van der Waals surface area contributed by atoms with Crippen molar-refractivity contribution in [1.82, 2.24) is 5.32 Å². The van der Waals surface area contributed by atoms with E-state index in [0.29, 0.717) is 16.3 Å². The SMILES string of the molecule is O=C1N[C@H](c2cccc(O)c2)Nc2cc(Cl)ccc21. The van der Waals surface area contributed by atoms with Crippen LogP contribution in [0, 0.1) is 0 Å². The molecular formula is C14H11ClN2O2. The molecule has 1 heterocycles. The Kier molecular flexibility index (Phi) is 2.80. The van der Waals surface area contributed by atoms with Crippen molar-refractivity contribution in [2.75, 3.05) is 5.32 Å². The fourth-order valence-corrected chi connectivity index (χ4v) is 2.28.